The van der Waals surface area contributed by atoms with Gasteiger partial charge in [0, 0.05) is 11.6 Å². The number of pyridine rings is 1. The van der Waals surface area contributed by atoms with Crippen molar-refractivity contribution in [3.05, 3.63) is 64.8 Å². The van der Waals surface area contributed by atoms with Gasteiger partial charge >= 0.3 is 0 Å². The maximum atomic E-state index is 12.7. The van der Waals surface area contributed by atoms with Crippen LogP contribution in [0, 0.1) is 0 Å². The summed E-state index contributed by atoms with van der Waals surface area (Å²) in [4.78, 5) is 31.0. The van der Waals surface area contributed by atoms with Crippen LogP contribution in [0.1, 0.15) is 6.92 Å². The number of carbonyl (C=O) groups is 2. The second-order valence-corrected chi connectivity index (χ2v) is 7.42. The summed E-state index contributed by atoms with van der Waals surface area (Å²) in [6.07, 6.45) is 1.70. The van der Waals surface area contributed by atoms with Crippen molar-refractivity contribution < 1.29 is 9.59 Å². The number of amides is 2. The number of carbonyl (C=O) groups excluding carboxylic acids is 2. The summed E-state index contributed by atoms with van der Waals surface area (Å²) in [5.74, 6) is -0.552. The number of nitrogens with one attached hydrogen (secondary N) is 2. The van der Waals surface area contributed by atoms with Gasteiger partial charge in [-0.1, -0.05) is 35.3 Å². The number of rotatable bonds is 6. The molecule has 1 heterocycles. The third-order valence-corrected chi connectivity index (χ3v) is 5.19. The zero-order valence-electron chi connectivity index (χ0n) is 15.9. The Bertz CT molecular complexity index is 1030. The molecule has 2 amide bonds. The predicted octanol–water partition coefficient (Wildman–Crippen LogP) is 4.44. The minimum atomic E-state index is -0.547. The van der Waals surface area contributed by atoms with Crippen molar-refractivity contribution in [2.45, 2.75) is 13.0 Å². The summed E-state index contributed by atoms with van der Waals surface area (Å²) in [6.45, 7) is 1.72. The van der Waals surface area contributed by atoms with E-state index in [9.17, 15) is 9.59 Å². The maximum Gasteiger partial charge on any atom is 0.241 e. The minimum Gasteiger partial charge on any atom is -0.324 e. The average molecular weight is 431 g/mol. The SMILES string of the molecule is CC(C(=O)Nc1cccc2ncccc12)N(C)CC(=O)Nc1c(Cl)cccc1Cl. The Morgan fingerprint density at radius 2 is 1.72 bits per heavy atom. The van der Waals surface area contributed by atoms with Gasteiger partial charge in [0.1, 0.15) is 0 Å². The van der Waals surface area contributed by atoms with Crippen LogP contribution in [0.5, 0.6) is 0 Å². The zero-order valence-corrected chi connectivity index (χ0v) is 17.5. The predicted molar refractivity (Wildman–Crippen MR) is 118 cm³/mol. The molecular weight excluding hydrogens is 411 g/mol. The van der Waals surface area contributed by atoms with Crippen molar-refractivity contribution in [3.8, 4) is 0 Å². The Kier molecular flexibility index (Phi) is 6.69. The number of nitrogens with zero attached hydrogens (tertiary/aromatic N) is 2. The molecule has 0 spiro atoms. The zero-order chi connectivity index (χ0) is 21.0. The molecule has 1 atom stereocenters. The third-order valence-electron chi connectivity index (χ3n) is 4.56. The lowest BCUT2D eigenvalue weighted by atomic mass is 10.1. The Morgan fingerprint density at radius 1 is 1.03 bits per heavy atom. The van der Waals surface area contributed by atoms with E-state index in [0.717, 1.165) is 10.9 Å². The normalized spacial score (nSPS) is 12.0. The Morgan fingerprint density at radius 3 is 2.45 bits per heavy atom. The van der Waals surface area contributed by atoms with Gasteiger partial charge in [0.15, 0.2) is 0 Å². The monoisotopic (exact) mass is 430 g/mol. The van der Waals surface area contributed by atoms with Crippen LogP contribution >= 0.6 is 23.2 Å². The van der Waals surface area contributed by atoms with Crippen LogP contribution in [0.4, 0.5) is 11.4 Å². The van der Waals surface area contributed by atoms with Gasteiger partial charge in [0.05, 0.1) is 39.5 Å². The number of halogens is 2. The molecule has 0 aliphatic heterocycles. The quantitative estimate of drug-likeness (QED) is 0.605. The number of anilines is 2. The first-order valence-electron chi connectivity index (χ1n) is 8.95. The van der Waals surface area contributed by atoms with E-state index in [-0.39, 0.29) is 18.4 Å². The minimum absolute atomic E-state index is 0.00671. The first kappa shape index (κ1) is 21.0. The molecule has 2 aromatic carbocycles. The maximum absolute atomic E-state index is 12.7. The van der Waals surface area contributed by atoms with Gasteiger partial charge in [-0.3, -0.25) is 19.5 Å². The number of para-hydroxylation sites is 1. The van der Waals surface area contributed by atoms with Crippen LogP contribution < -0.4 is 10.6 Å². The molecule has 29 heavy (non-hydrogen) atoms. The van der Waals surface area contributed by atoms with Gasteiger partial charge < -0.3 is 10.6 Å². The van der Waals surface area contributed by atoms with Gasteiger partial charge in [-0.2, -0.15) is 0 Å². The fourth-order valence-electron chi connectivity index (χ4n) is 2.81. The molecule has 0 radical (unpaired) electrons. The highest BCUT2D eigenvalue weighted by molar-refractivity contribution is 6.39. The van der Waals surface area contributed by atoms with E-state index >= 15 is 0 Å². The van der Waals surface area contributed by atoms with Crippen LogP contribution in [0.2, 0.25) is 10.0 Å². The second-order valence-electron chi connectivity index (χ2n) is 6.60. The smallest absolute Gasteiger partial charge is 0.241 e. The average Bonchev–Trinajstić information content (AvgIpc) is 2.70. The van der Waals surface area contributed by atoms with Crippen molar-refractivity contribution in [2.24, 2.45) is 0 Å². The molecule has 3 aromatic rings. The van der Waals surface area contributed by atoms with Crippen molar-refractivity contribution in [1.29, 1.82) is 0 Å². The van der Waals surface area contributed by atoms with Crippen molar-refractivity contribution in [2.75, 3.05) is 24.2 Å². The first-order valence-corrected chi connectivity index (χ1v) is 9.71. The molecule has 2 N–H and O–H groups in total. The largest absolute Gasteiger partial charge is 0.324 e. The van der Waals surface area contributed by atoms with E-state index in [1.807, 2.05) is 30.3 Å². The molecule has 0 fully saturated rings. The van der Waals surface area contributed by atoms with Gasteiger partial charge in [-0.05, 0) is 50.4 Å². The van der Waals surface area contributed by atoms with Crippen LogP contribution in [-0.4, -0.2) is 41.3 Å². The van der Waals surface area contributed by atoms with E-state index in [1.165, 1.54) is 0 Å². The molecule has 150 valence electrons. The van der Waals surface area contributed by atoms with Crippen molar-refractivity contribution >= 4 is 57.3 Å². The second kappa shape index (κ2) is 9.22. The summed E-state index contributed by atoms with van der Waals surface area (Å²) in [5.41, 5.74) is 1.82. The van der Waals surface area contributed by atoms with E-state index < -0.39 is 6.04 Å². The Hall–Kier alpha value is -2.67. The Labute approximate surface area is 178 Å². The molecule has 1 unspecified atom stereocenters. The van der Waals surface area contributed by atoms with Crippen molar-refractivity contribution in [3.63, 3.8) is 0 Å². The summed E-state index contributed by atoms with van der Waals surface area (Å²) in [6, 6.07) is 13.7. The number of hydrogen-bond donors (Lipinski definition) is 2. The van der Waals surface area contributed by atoms with Crippen LogP contribution in [0.25, 0.3) is 10.9 Å². The molecule has 0 aliphatic carbocycles. The molecule has 0 saturated carbocycles. The number of fused-ring (bicyclic) bond motifs is 1. The van der Waals surface area contributed by atoms with Gasteiger partial charge in [0.2, 0.25) is 11.8 Å². The first-order chi connectivity index (χ1) is 13.9. The fourth-order valence-corrected chi connectivity index (χ4v) is 3.30. The number of likely N-dealkylation sites (N-methyl/N-ethyl adjacent to an activating group) is 1. The molecule has 0 bridgehead atoms. The van der Waals surface area contributed by atoms with Crippen LogP contribution in [0.3, 0.4) is 0 Å². The highest BCUT2D eigenvalue weighted by Gasteiger charge is 2.21. The highest BCUT2D eigenvalue weighted by atomic mass is 35.5. The highest BCUT2D eigenvalue weighted by Crippen LogP contribution is 2.29. The number of aromatic nitrogens is 1. The molecule has 8 heteroatoms. The number of benzene rings is 2. The summed E-state index contributed by atoms with van der Waals surface area (Å²) < 4.78 is 0. The van der Waals surface area contributed by atoms with Crippen LogP contribution in [0.15, 0.2) is 54.7 Å². The lowest BCUT2D eigenvalue weighted by molar-refractivity contribution is -0.122. The van der Waals surface area contributed by atoms with Gasteiger partial charge in [-0.15, -0.1) is 0 Å². The van der Waals surface area contributed by atoms with Crippen LogP contribution in [-0.2, 0) is 9.59 Å². The third kappa shape index (κ3) is 5.03. The van der Waals surface area contributed by atoms with E-state index in [0.29, 0.717) is 21.4 Å². The van der Waals surface area contributed by atoms with E-state index in [4.69, 9.17) is 23.2 Å². The molecule has 0 saturated heterocycles. The molecule has 0 aliphatic rings. The molecule has 1 aromatic heterocycles. The van der Waals surface area contributed by atoms with E-state index in [1.54, 1.807) is 43.3 Å². The topological polar surface area (TPSA) is 74.3 Å². The van der Waals surface area contributed by atoms with Crippen molar-refractivity contribution in [1.82, 2.24) is 9.88 Å². The Balaban J connectivity index is 1.64. The summed E-state index contributed by atoms with van der Waals surface area (Å²) >= 11 is 12.2. The number of hydrogen-bond acceptors (Lipinski definition) is 4. The lowest BCUT2D eigenvalue weighted by Crippen LogP contribution is -2.43. The lowest BCUT2D eigenvalue weighted by Gasteiger charge is -2.23. The molecule has 6 nitrogen and oxygen atoms in total. The van der Waals surface area contributed by atoms with Gasteiger partial charge in [-0.25, -0.2) is 0 Å². The van der Waals surface area contributed by atoms with E-state index in [2.05, 4.69) is 15.6 Å². The standard InChI is InChI=1S/C21H20Cl2N4O2/c1-13(21(29)25-18-10-4-9-17-14(18)6-5-11-24-17)27(2)12-19(28)26-20-15(22)7-3-8-16(20)23/h3-11,13H,12H2,1-2H3,(H,25,29)(H,26,28). The van der Waals surface area contributed by atoms with Gasteiger partial charge in [0.25, 0.3) is 0 Å². The summed E-state index contributed by atoms with van der Waals surface area (Å²) in [7, 11) is 1.70. The molecule has 3 rings (SSSR count). The fraction of sp³-hybridized carbons (Fsp3) is 0.190. The molecular formula is C21H20Cl2N4O2. The summed E-state index contributed by atoms with van der Waals surface area (Å²) in [5, 5.41) is 7.16.